The van der Waals surface area contributed by atoms with Crippen LogP contribution in [0, 0.1) is 18.8 Å². The molecule has 1 aromatic heterocycles. The monoisotopic (exact) mass is 501 g/mol. The molecule has 3 rings (SSSR count). The Morgan fingerprint density at radius 1 is 1.19 bits per heavy atom. The van der Waals surface area contributed by atoms with E-state index < -0.39 is 40.4 Å². The maximum atomic E-state index is 13.5. The molecule has 3 unspecified atom stereocenters. The number of hydrogen-bond acceptors (Lipinski definition) is 7. The average Bonchev–Trinajstić information content (AvgIpc) is 2.79. The van der Waals surface area contributed by atoms with Crippen molar-refractivity contribution >= 4 is 11.9 Å². The molecule has 0 spiro atoms. The topological polar surface area (TPSA) is 143 Å². The maximum Gasteiger partial charge on any atom is 0.334 e. The summed E-state index contributed by atoms with van der Waals surface area (Å²) in [6.45, 7) is 6.65. The van der Waals surface area contributed by atoms with Crippen LogP contribution in [0.15, 0.2) is 46.1 Å². The molecule has 2 aromatic rings. The standard InChI is InChI=1S/C26H35N3O7/c1-17-14-29(24(34)28(22(17)32)16-35-15-18-8-6-5-7-9-18)26(27)11-10-19(13-21(30)31)12-20(26)23(33)36-25(2,3)4/h5-9,14,19-20H,10-13,15-16,27H2,1-4H3,(H,30,31). The van der Waals surface area contributed by atoms with Crippen molar-refractivity contribution in [2.45, 2.75) is 78.0 Å². The Morgan fingerprint density at radius 3 is 2.47 bits per heavy atom. The van der Waals surface area contributed by atoms with Crippen molar-refractivity contribution in [1.29, 1.82) is 0 Å². The number of aliphatic carboxylic acids is 1. The second-order valence-electron chi connectivity index (χ2n) is 10.5. The Hall–Kier alpha value is -3.24. The van der Waals surface area contributed by atoms with Crippen molar-refractivity contribution in [2.24, 2.45) is 17.6 Å². The molecule has 1 aliphatic rings. The molecule has 0 saturated heterocycles. The number of benzene rings is 1. The van der Waals surface area contributed by atoms with Crippen molar-refractivity contribution in [2.75, 3.05) is 0 Å². The van der Waals surface area contributed by atoms with E-state index in [9.17, 15) is 24.3 Å². The third kappa shape index (κ3) is 6.30. The highest BCUT2D eigenvalue weighted by Gasteiger charge is 2.49. The lowest BCUT2D eigenvalue weighted by molar-refractivity contribution is -0.168. The number of aromatic nitrogens is 2. The number of nitrogens with zero attached hydrogens (tertiary/aromatic N) is 2. The minimum absolute atomic E-state index is 0.115. The minimum atomic E-state index is -1.51. The molecule has 10 nitrogen and oxygen atoms in total. The summed E-state index contributed by atoms with van der Waals surface area (Å²) in [5.41, 5.74) is 4.43. The maximum absolute atomic E-state index is 13.5. The van der Waals surface area contributed by atoms with Crippen LogP contribution in [0.1, 0.15) is 57.6 Å². The lowest BCUT2D eigenvalue weighted by atomic mass is 9.72. The second-order valence-corrected chi connectivity index (χ2v) is 10.5. The van der Waals surface area contributed by atoms with E-state index in [4.69, 9.17) is 15.2 Å². The van der Waals surface area contributed by atoms with E-state index in [2.05, 4.69) is 0 Å². The van der Waals surface area contributed by atoms with Gasteiger partial charge >= 0.3 is 17.6 Å². The first-order valence-electron chi connectivity index (χ1n) is 12.0. The van der Waals surface area contributed by atoms with Crippen molar-refractivity contribution in [3.63, 3.8) is 0 Å². The molecule has 1 heterocycles. The van der Waals surface area contributed by atoms with Gasteiger partial charge in [0.15, 0.2) is 0 Å². The summed E-state index contributed by atoms with van der Waals surface area (Å²) in [6.07, 6.45) is 1.96. The number of carboxylic acid groups (broad SMARTS) is 1. The highest BCUT2D eigenvalue weighted by Crippen LogP contribution is 2.40. The molecule has 0 amide bonds. The number of aryl methyl sites for hydroxylation is 1. The molecular formula is C26H35N3O7. The first-order valence-corrected chi connectivity index (χ1v) is 12.0. The molecule has 1 fully saturated rings. The summed E-state index contributed by atoms with van der Waals surface area (Å²) in [4.78, 5) is 50.9. The van der Waals surface area contributed by atoms with Gasteiger partial charge in [-0.15, -0.1) is 0 Å². The molecule has 36 heavy (non-hydrogen) atoms. The third-order valence-electron chi connectivity index (χ3n) is 6.40. The second kappa shape index (κ2) is 10.8. The minimum Gasteiger partial charge on any atom is -0.481 e. The van der Waals surface area contributed by atoms with Crippen LogP contribution in [-0.2, 0) is 38.1 Å². The van der Waals surface area contributed by atoms with Crippen molar-refractivity contribution in [3.05, 3.63) is 68.5 Å². The number of hydrogen-bond donors (Lipinski definition) is 2. The van der Waals surface area contributed by atoms with E-state index in [1.165, 1.54) is 10.8 Å². The Balaban J connectivity index is 1.98. The molecule has 3 N–H and O–H groups in total. The molecule has 1 saturated carbocycles. The van der Waals surface area contributed by atoms with Crippen LogP contribution in [0.5, 0.6) is 0 Å². The van der Waals surface area contributed by atoms with E-state index in [-0.39, 0.29) is 44.1 Å². The molecule has 196 valence electrons. The van der Waals surface area contributed by atoms with E-state index in [1.807, 2.05) is 30.3 Å². The van der Waals surface area contributed by atoms with Gasteiger partial charge in [0.1, 0.15) is 18.0 Å². The molecular weight excluding hydrogens is 466 g/mol. The number of carboxylic acids is 1. The van der Waals surface area contributed by atoms with Gasteiger partial charge in [0.25, 0.3) is 5.56 Å². The first kappa shape index (κ1) is 27.3. The molecule has 0 radical (unpaired) electrons. The summed E-state index contributed by atoms with van der Waals surface area (Å²) >= 11 is 0. The number of carbonyl (C=O) groups is 2. The lowest BCUT2D eigenvalue weighted by Gasteiger charge is -2.44. The van der Waals surface area contributed by atoms with Gasteiger partial charge in [-0.05, 0) is 58.4 Å². The van der Waals surface area contributed by atoms with Gasteiger partial charge in [-0.3, -0.25) is 19.0 Å². The number of esters is 1. The van der Waals surface area contributed by atoms with Gasteiger partial charge in [-0.2, -0.15) is 0 Å². The van der Waals surface area contributed by atoms with Gasteiger partial charge in [0.05, 0.1) is 12.5 Å². The van der Waals surface area contributed by atoms with E-state index in [0.717, 1.165) is 10.1 Å². The van der Waals surface area contributed by atoms with E-state index >= 15 is 0 Å². The SMILES string of the molecule is Cc1cn(C2(N)CCC(CC(=O)O)CC2C(=O)OC(C)(C)C)c(=O)n(COCc2ccccc2)c1=O. The molecule has 10 heteroatoms. The number of ether oxygens (including phenoxy) is 2. The zero-order chi connectivity index (χ0) is 26.7. The van der Waals surface area contributed by atoms with Crippen molar-refractivity contribution in [1.82, 2.24) is 9.13 Å². The van der Waals surface area contributed by atoms with Crippen LogP contribution in [0.2, 0.25) is 0 Å². The van der Waals surface area contributed by atoms with Crippen LogP contribution in [0.4, 0.5) is 0 Å². The zero-order valence-corrected chi connectivity index (χ0v) is 21.2. The number of carbonyl (C=O) groups excluding carboxylic acids is 1. The fraction of sp³-hybridized carbons (Fsp3) is 0.538. The highest BCUT2D eigenvalue weighted by molar-refractivity contribution is 5.74. The van der Waals surface area contributed by atoms with Crippen LogP contribution in [0.25, 0.3) is 0 Å². The highest BCUT2D eigenvalue weighted by atomic mass is 16.6. The van der Waals surface area contributed by atoms with Crippen LogP contribution < -0.4 is 17.0 Å². The Bertz CT molecular complexity index is 1210. The Labute approximate surface area is 209 Å². The van der Waals surface area contributed by atoms with E-state index in [1.54, 1.807) is 27.7 Å². The fourth-order valence-electron chi connectivity index (χ4n) is 4.63. The van der Waals surface area contributed by atoms with Gasteiger partial charge < -0.3 is 20.3 Å². The summed E-state index contributed by atoms with van der Waals surface area (Å²) in [6, 6.07) is 9.33. The fourth-order valence-corrected chi connectivity index (χ4v) is 4.63. The molecule has 0 aliphatic heterocycles. The Kier molecular flexibility index (Phi) is 8.20. The molecule has 1 aliphatic carbocycles. The van der Waals surface area contributed by atoms with Crippen LogP contribution >= 0.6 is 0 Å². The summed E-state index contributed by atoms with van der Waals surface area (Å²) in [5, 5.41) is 9.28. The smallest absolute Gasteiger partial charge is 0.334 e. The average molecular weight is 502 g/mol. The predicted molar refractivity (Wildman–Crippen MR) is 132 cm³/mol. The summed E-state index contributed by atoms with van der Waals surface area (Å²) < 4.78 is 13.4. The normalized spacial score (nSPS) is 22.2. The van der Waals surface area contributed by atoms with Gasteiger partial charge in [-0.25, -0.2) is 9.36 Å². The zero-order valence-electron chi connectivity index (χ0n) is 21.2. The molecule has 1 aromatic carbocycles. The van der Waals surface area contributed by atoms with Gasteiger partial charge in [0.2, 0.25) is 0 Å². The molecule has 0 bridgehead atoms. The van der Waals surface area contributed by atoms with Crippen LogP contribution in [-0.4, -0.2) is 31.8 Å². The summed E-state index contributed by atoms with van der Waals surface area (Å²) in [7, 11) is 0. The van der Waals surface area contributed by atoms with Crippen molar-refractivity contribution in [3.8, 4) is 0 Å². The van der Waals surface area contributed by atoms with Crippen molar-refractivity contribution < 1.29 is 24.2 Å². The number of nitrogens with two attached hydrogens (primary N) is 1. The molecule has 3 atom stereocenters. The largest absolute Gasteiger partial charge is 0.481 e. The van der Waals surface area contributed by atoms with E-state index in [0.29, 0.717) is 6.42 Å². The summed E-state index contributed by atoms with van der Waals surface area (Å²) in [5.74, 6) is -2.86. The lowest BCUT2D eigenvalue weighted by Crippen LogP contribution is -2.61. The van der Waals surface area contributed by atoms with Gasteiger partial charge in [0, 0.05) is 18.2 Å². The quantitative estimate of drug-likeness (QED) is 0.525. The first-order chi connectivity index (χ1) is 16.8. The van der Waals surface area contributed by atoms with Gasteiger partial charge in [-0.1, -0.05) is 30.3 Å². The third-order valence-corrected chi connectivity index (χ3v) is 6.40. The predicted octanol–water partition coefficient (Wildman–Crippen LogP) is 2.34. The number of rotatable bonds is 8. The Morgan fingerprint density at radius 2 is 1.86 bits per heavy atom. The van der Waals surface area contributed by atoms with Crippen LogP contribution in [0.3, 0.4) is 0 Å².